The maximum atomic E-state index is 12.2. The van der Waals surface area contributed by atoms with Crippen LogP contribution in [0.2, 0.25) is 0 Å². The van der Waals surface area contributed by atoms with E-state index in [2.05, 4.69) is 5.32 Å². The molecular weight excluding hydrogens is 326 g/mol. The fourth-order valence-electron chi connectivity index (χ4n) is 2.17. The topological polar surface area (TPSA) is 125 Å². The summed E-state index contributed by atoms with van der Waals surface area (Å²) in [6.45, 7) is 1.57. The Kier molecular flexibility index (Phi) is 5.67. The summed E-state index contributed by atoms with van der Waals surface area (Å²) in [5.41, 5.74) is 6.22. The number of benzene rings is 2. The minimum Gasteiger partial charge on any atom is -0.484 e. The largest absolute Gasteiger partial charge is 0.484 e. The summed E-state index contributed by atoms with van der Waals surface area (Å²) in [4.78, 5) is 33.5. The van der Waals surface area contributed by atoms with Gasteiger partial charge in [0.2, 0.25) is 0 Å². The second kappa shape index (κ2) is 7.91. The van der Waals surface area contributed by atoms with E-state index in [0.717, 1.165) is 0 Å². The molecule has 3 N–H and O–H groups in total. The van der Waals surface area contributed by atoms with Crippen molar-refractivity contribution in [3.05, 3.63) is 63.7 Å². The van der Waals surface area contributed by atoms with Crippen molar-refractivity contribution in [2.24, 2.45) is 5.73 Å². The van der Waals surface area contributed by atoms with Crippen LogP contribution in [0.1, 0.15) is 22.8 Å². The number of primary amides is 1. The first-order valence-corrected chi connectivity index (χ1v) is 7.50. The monoisotopic (exact) mass is 343 g/mol. The van der Waals surface area contributed by atoms with Gasteiger partial charge in [-0.05, 0) is 36.8 Å². The first-order valence-electron chi connectivity index (χ1n) is 7.50. The molecule has 0 radical (unpaired) electrons. The Bertz CT molecular complexity index is 802. The zero-order chi connectivity index (χ0) is 18.4. The molecule has 0 aliphatic heterocycles. The van der Waals surface area contributed by atoms with Gasteiger partial charge in [0, 0.05) is 22.9 Å². The number of carbonyl (C=O) groups is 2. The highest BCUT2D eigenvalue weighted by Crippen LogP contribution is 2.24. The van der Waals surface area contributed by atoms with Gasteiger partial charge >= 0.3 is 0 Å². The fraction of sp³-hybridized carbons (Fsp3) is 0.176. The lowest BCUT2D eigenvalue weighted by atomic mass is 10.1. The second-order valence-corrected chi connectivity index (χ2v) is 5.19. The molecule has 0 aliphatic carbocycles. The number of ether oxygens (including phenoxy) is 1. The highest BCUT2D eigenvalue weighted by atomic mass is 16.6. The van der Waals surface area contributed by atoms with Crippen molar-refractivity contribution in [1.29, 1.82) is 0 Å². The highest BCUT2D eigenvalue weighted by molar-refractivity contribution is 6.04. The van der Waals surface area contributed by atoms with E-state index in [0.29, 0.717) is 29.0 Å². The number of aryl methyl sites for hydroxylation is 1. The maximum Gasteiger partial charge on any atom is 0.274 e. The van der Waals surface area contributed by atoms with Crippen LogP contribution < -0.4 is 15.8 Å². The van der Waals surface area contributed by atoms with E-state index in [1.54, 1.807) is 12.1 Å². The summed E-state index contributed by atoms with van der Waals surface area (Å²) in [5, 5.41) is 13.7. The number of hydrogen-bond donors (Lipinski definition) is 2. The van der Waals surface area contributed by atoms with Crippen LogP contribution in [-0.2, 0) is 11.2 Å². The van der Waals surface area contributed by atoms with Gasteiger partial charge in [-0.3, -0.25) is 19.7 Å². The van der Waals surface area contributed by atoms with E-state index in [1.165, 1.54) is 30.3 Å². The lowest BCUT2D eigenvalue weighted by molar-refractivity contribution is -0.385. The van der Waals surface area contributed by atoms with Gasteiger partial charge in [-0.25, -0.2) is 0 Å². The Balaban J connectivity index is 2.10. The normalized spacial score (nSPS) is 10.1. The van der Waals surface area contributed by atoms with Crippen molar-refractivity contribution < 1.29 is 19.2 Å². The molecule has 0 atom stereocenters. The Labute approximate surface area is 143 Å². The summed E-state index contributed by atoms with van der Waals surface area (Å²) >= 11 is 0. The van der Waals surface area contributed by atoms with Crippen LogP contribution in [0.15, 0.2) is 42.5 Å². The third kappa shape index (κ3) is 4.77. The van der Waals surface area contributed by atoms with Gasteiger partial charge in [-0.15, -0.1) is 0 Å². The van der Waals surface area contributed by atoms with E-state index in [-0.39, 0.29) is 12.3 Å². The van der Waals surface area contributed by atoms with Gasteiger partial charge in [0.15, 0.2) is 6.61 Å². The fourth-order valence-corrected chi connectivity index (χ4v) is 2.17. The van der Waals surface area contributed by atoms with Crippen LogP contribution in [0.5, 0.6) is 5.75 Å². The Hall–Kier alpha value is -3.42. The van der Waals surface area contributed by atoms with Crippen molar-refractivity contribution in [3.8, 4) is 5.75 Å². The molecule has 8 nitrogen and oxygen atoms in total. The van der Waals surface area contributed by atoms with E-state index in [9.17, 15) is 19.7 Å². The molecule has 0 bridgehead atoms. The van der Waals surface area contributed by atoms with E-state index >= 15 is 0 Å². The van der Waals surface area contributed by atoms with E-state index < -0.39 is 16.7 Å². The molecule has 0 aliphatic rings. The number of nitrogens with zero attached hydrogens (tertiary/aromatic N) is 1. The Morgan fingerprint density at radius 1 is 1.20 bits per heavy atom. The number of nitro groups is 1. The van der Waals surface area contributed by atoms with Gasteiger partial charge in [-0.1, -0.05) is 13.0 Å². The number of nitrogens with one attached hydrogen (secondary N) is 1. The van der Waals surface area contributed by atoms with Crippen LogP contribution in [0.3, 0.4) is 0 Å². The number of rotatable bonds is 7. The lowest BCUT2D eigenvalue weighted by Crippen LogP contribution is -2.20. The molecule has 0 unspecified atom stereocenters. The molecule has 2 aromatic rings. The SMILES string of the molecule is CCc1ccc(NC(=O)c2ccc(OCC(N)=O)cc2)cc1[N+](=O)[O-]. The predicted molar refractivity (Wildman–Crippen MR) is 91.6 cm³/mol. The minimum atomic E-state index is -0.598. The van der Waals surface area contributed by atoms with E-state index in [1.807, 2.05) is 6.92 Å². The van der Waals surface area contributed by atoms with Crippen molar-refractivity contribution in [1.82, 2.24) is 0 Å². The second-order valence-electron chi connectivity index (χ2n) is 5.19. The number of anilines is 1. The van der Waals surface area contributed by atoms with Crippen LogP contribution in [-0.4, -0.2) is 23.3 Å². The van der Waals surface area contributed by atoms with Crippen LogP contribution in [0, 0.1) is 10.1 Å². The summed E-state index contributed by atoms with van der Waals surface area (Å²) in [6, 6.07) is 10.7. The van der Waals surface area contributed by atoms with Crippen LogP contribution >= 0.6 is 0 Å². The van der Waals surface area contributed by atoms with Gasteiger partial charge < -0.3 is 15.8 Å². The number of hydrogen-bond acceptors (Lipinski definition) is 5. The lowest BCUT2D eigenvalue weighted by Gasteiger charge is -2.08. The van der Waals surface area contributed by atoms with Gasteiger partial charge in [0.25, 0.3) is 17.5 Å². The minimum absolute atomic E-state index is 0.0319. The van der Waals surface area contributed by atoms with Crippen LogP contribution in [0.4, 0.5) is 11.4 Å². The number of nitrogens with two attached hydrogens (primary N) is 1. The molecular formula is C17H17N3O5. The molecule has 0 aromatic heterocycles. The first-order chi connectivity index (χ1) is 11.9. The third-order valence-electron chi connectivity index (χ3n) is 3.42. The molecule has 130 valence electrons. The van der Waals surface area contributed by atoms with Crippen molar-refractivity contribution in [3.63, 3.8) is 0 Å². The average molecular weight is 343 g/mol. The molecule has 0 spiro atoms. The molecule has 2 aromatic carbocycles. The predicted octanol–water partition coefficient (Wildman–Crippen LogP) is 2.27. The number of carbonyl (C=O) groups excluding carboxylic acids is 2. The molecule has 0 saturated heterocycles. The molecule has 8 heteroatoms. The smallest absolute Gasteiger partial charge is 0.274 e. The van der Waals surface area contributed by atoms with Crippen molar-refractivity contribution in [2.75, 3.05) is 11.9 Å². The van der Waals surface area contributed by atoms with Gasteiger partial charge in [0.1, 0.15) is 5.75 Å². The maximum absolute atomic E-state index is 12.2. The molecule has 0 saturated carbocycles. The number of amides is 2. The van der Waals surface area contributed by atoms with Crippen LogP contribution in [0.25, 0.3) is 0 Å². The Morgan fingerprint density at radius 2 is 1.88 bits per heavy atom. The first kappa shape index (κ1) is 17.9. The van der Waals surface area contributed by atoms with Gasteiger partial charge in [0.05, 0.1) is 4.92 Å². The van der Waals surface area contributed by atoms with Crippen molar-refractivity contribution in [2.45, 2.75) is 13.3 Å². The quantitative estimate of drug-likeness (QED) is 0.589. The van der Waals surface area contributed by atoms with E-state index in [4.69, 9.17) is 10.5 Å². The standard InChI is InChI=1S/C17H17N3O5/c1-2-11-3-6-13(9-15(11)20(23)24)19-17(22)12-4-7-14(8-5-12)25-10-16(18)21/h3-9H,2,10H2,1H3,(H2,18,21)(H,19,22). The summed E-state index contributed by atoms with van der Waals surface area (Å²) in [6.07, 6.45) is 0.525. The zero-order valence-electron chi connectivity index (χ0n) is 13.5. The Morgan fingerprint density at radius 3 is 2.44 bits per heavy atom. The summed E-state index contributed by atoms with van der Waals surface area (Å²) in [5.74, 6) is -0.614. The number of nitro benzene ring substituents is 1. The zero-order valence-corrected chi connectivity index (χ0v) is 13.5. The van der Waals surface area contributed by atoms with Crippen molar-refractivity contribution >= 4 is 23.2 Å². The third-order valence-corrected chi connectivity index (χ3v) is 3.42. The molecule has 0 fully saturated rings. The molecule has 2 amide bonds. The highest BCUT2D eigenvalue weighted by Gasteiger charge is 2.14. The molecule has 25 heavy (non-hydrogen) atoms. The molecule has 0 heterocycles. The van der Waals surface area contributed by atoms with Gasteiger partial charge in [-0.2, -0.15) is 0 Å². The summed E-state index contributed by atoms with van der Waals surface area (Å²) in [7, 11) is 0. The molecule has 2 rings (SSSR count). The average Bonchev–Trinajstić information content (AvgIpc) is 2.60. The summed E-state index contributed by atoms with van der Waals surface area (Å²) < 4.78 is 5.11.